The SMILES string of the molecule is Cc1nn(C)cc1NC(=O)c1nc(NN)ccc1Cl. The Kier molecular flexibility index (Phi) is 3.68. The fraction of sp³-hybridized carbons (Fsp3) is 0.182. The largest absolute Gasteiger partial charge is 0.318 e. The molecular weight excluding hydrogens is 268 g/mol. The molecule has 0 spiro atoms. The minimum atomic E-state index is -0.418. The van der Waals surface area contributed by atoms with Crippen molar-refractivity contribution in [1.82, 2.24) is 14.8 Å². The summed E-state index contributed by atoms with van der Waals surface area (Å²) in [7, 11) is 1.77. The maximum Gasteiger partial charge on any atom is 0.275 e. The average molecular weight is 281 g/mol. The van der Waals surface area contributed by atoms with Crippen LogP contribution in [0.25, 0.3) is 0 Å². The van der Waals surface area contributed by atoms with Gasteiger partial charge in [-0.15, -0.1) is 0 Å². The molecule has 0 radical (unpaired) electrons. The number of nitrogen functional groups attached to an aromatic ring is 1. The molecule has 0 aromatic carbocycles. The van der Waals surface area contributed by atoms with E-state index in [4.69, 9.17) is 17.4 Å². The van der Waals surface area contributed by atoms with Crippen molar-refractivity contribution in [3.05, 3.63) is 34.7 Å². The van der Waals surface area contributed by atoms with Crippen molar-refractivity contribution >= 4 is 29.0 Å². The van der Waals surface area contributed by atoms with Crippen molar-refractivity contribution in [2.45, 2.75) is 6.92 Å². The Labute approximate surface area is 114 Å². The number of nitrogens with zero attached hydrogens (tertiary/aromatic N) is 3. The first-order chi connectivity index (χ1) is 9.01. The number of amides is 1. The number of nitrogens with two attached hydrogens (primary N) is 1. The lowest BCUT2D eigenvalue weighted by Crippen LogP contribution is -2.17. The van der Waals surface area contributed by atoms with Crippen LogP contribution >= 0.6 is 11.6 Å². The highest BCUT2D eigenvalue weighted by molar-refractivity contribution is 6.34. The Morgan fingerprint density at radius 1 is 1.47 bits per heavy atom. The van der Waals surface area contributed by atoms with Crippen LogP contribution in [0.5, 0.6) is 0 Å². The molecule has 0 aliphatic carbocycles. The van der Waals surface area contributed by atoms with E-state index < -0.39 is 5.91 Å². The second kappa shape index (κ2) is 5.25. The molecule has 2 aromatic heterocycles. The number of hydrogen-bond donors (Lipinski definition) is 3. The van der Waals surface area contributed by atoms with Gasteiger partial charge in [-0.3, -0.25) is 9.48 Å². The Morgan fingerprint density at radius 2 is 2.21 bits per heavy atom. The predicted molar refractivity (Wildman–Crippen MR) is 73.0 cm³/mol. The van der Waals surface area contributed by atoms with Gasteiger partial charge >= 0.3 is 0 Å². The minimum absolute atomic E-state index is 0.0976. The van der Waals surface area contributed by atoms with E-state index in [1.54, 1.807) is 37.0 Å². The Hall–Kier alpha value is -2.12. The van der Waals surface area contributed by atoms with Gasteiger partial charge < -0.3 is 10.7 Å². The van der Waals surface area contributed by atoms with Crippen molar-refractivity contribution in [3.63, 3.8) is 0 Å². The second-order valence-electron chi connectivity index (χ2n) is 3.93. The summed E-state index contributed by atoms with van der Waals surface area (Å²) >= 11 is 5.95. The summed E-state index contributed by atoms with van der Waals surface area (Å²) < 4.78 is 1.61. The number of carbonyl (C=O) groups excluding carboxylic acids is 1. The molecule has 2 rings (SSSR count). The number of hydrogen-bond acceptors (Lipinski definition) is 5. The number of aromatic nitrogens is 3. The van der Waals surface area contributed by atoms with Crippen molar-refractivity contribution in [2.75, 3.05) is 10.7 Å². The van der Waals surface area contributed by atoms with Gasteiger partial charge in [-0.05, 0) is 19.1 Å². The van der Waals surface area contributed by atoms with Crippen LogP contribution in [0, 0.1) is 6.92 Å². The zero-order valence-corrected chi connectivity index (χ0v) is 11.2. The zero-order valence-electron chi connectivity index (χ0n) is 10.4. The van der Waals surface area contributed by atoms with Crippen molar-refractivity contribution in [1.29, 1.82) is 0 Å². The fourth-order valence-electron chi connectivity index (χ4n) is 1.59. The summed E-state index contributed by atoms with van der Waals surface area (Å²) in [5.74, 6) is 5.19. The number of aryl methyl sites for hydroxylation is 2. The molecule has 0 aliphatic rings. The first kappa shape index (κ1) is 13.3. The van der Waals surface area contributed by atoms with Crippen molar-refractivity contribution < 1.29 is 4.79 Å². The quantitative estimate of drug-likeness (QED) is 0.582. The molecule has 1 amide bonds. The fourth-order valence-corrected chi connectivity index (χ4v) is 1.78. The third-order valence-electron chi connectivity index (χ3n) is 2.47. The van der Waals surface area contributed by atoms with Gasteiger partial charge in [0.15, 0.2) is 0 Å². The topological polar surface area (TPSA) is 97.9 Å². The third-order valence-corrected chi connectivity index (χ3v) is 2.78. The third kappa shape index (κ3) is 2.83. The number of rotatable bonds is 3. The van der Waals surface area contributed by atoms with Crippen molar-refractivity contribution in [2.24, 2.45) is 12.9 Å². The van der Waals surface area contributed by atoms with Gasteiger partial charge in [0.2, 0.25) is 0 Å². The molecule has 0 unspecified atom stereocenters. The average Bonchev–Trinajstić information content (AvgIpc) is 2.68. The Bertz CT molecular complexity index is 624. The standard InChI is InChI=1S/C11H13ClN6O/c1-6-8(5-18(2)17-6)14-11(19)10-7(12)3-4-9(15-10)16-13/h3-5H,13H2,1-2H3,(H,14,19)(H,15,16). The van der Waals surface area contributed by atoms with Crippen LogP contribution < -0.4 is 16.6 Å². The van der Waals surface area contributed by atoms with Crippen LogP contribution in [0.1, 0.15) is 16.2 Å². The van der Waals surface area contributed by atoms with E-state index in [2.05, 4.69) is 20.8 Å². The number of halogens is 1. The summed E-state index contributed by atoms with van der Waals surface area (Å²) in [6.45, 7) is 1.79. The lowest BCUT2D eigenvalue weighted by atomic mass is 10.3. The summed E-state index contributed by atoms with van der Waals surface area (Å²) in [6.07, 6.45) is 1.70. The van der Waals surface area contributed by atoms with E-state index in [9.17, 15) is 4.79 Å². The predicted octanol–water partition coefficient (Wildman–Crippen LogP) is 1.31. The molecule has 4 N–H and O–H groups in total. The molecule has 8 heteroatoms. The molecule has 19 heavy (non-hydrogen) atoms. The lowest BCUT2D eigenvalue weighted by molar-refractivity contribution is 0.102. The summed E-state index contributed by atoms with van der Waals surface area (Å²) in [6, 6.07) is 3.13. The molecule has 100 valence electrons. The molecule has 7 nitrogen and oxygen atoms in total. The van der Waals surface area contributed by atoms with E-state index >= 15 is 0 Å². The van der Waals surface area contributed by atoms with Crippen LogP contribution in [0.3, 0.4) is 0 Å². The lowest BCUT2D eigenvalue weighted by Gasteiger charge is -2.06. The van der Waals surface area contributed by atoms with Gasteiger partial charge in [-0.1, -0.05) is 11.6 Å². The number of pyridine rings is 1. The van der Waals surface area contributed by atoms with Gasteiger partial charge in [-0.25, -0.2) is 10.8 Å². The first-order valence-corrected chi connectivity index (χ1v) is 5.84. The number of carbonyl (C=O) groups is 1. The van der Waals surface area contributed by atoms with Crippen LogP contribution in [0.2, 0.25) is 5.02 Å². The zero-order chi connectivity index (χ0) is 14.0. The van der Waals surface area contributed by atoms with Crippen molar-refractivity contribution in [3.8, 4) is 0 Å². The molecular formula is C11H13ClN6O. The molecule has 0 saturated carbocycles. The molecule has 2 aromatic rings. The van der Waals surface area contributed by atoms with Gasteiger partial charge in [0.1, 0.15) is 11.5 Å². The molecule has 0 atom stereocenters. The van der Waals surface area contributed by atoms with E-state index in [1.165, 1.54) is 0 Å². The monoisotopic (exact) mass is 280 g/mol. The molecule has 0 bridgehead atoms. The van der Waals surface area contributed by atoms with Gasteiger partial charge in [0, 0.05) is 13.2 Å². The highest BCUT2D eigenvalue weighted by Crippen LogP contribution is 2.19. The number of nitrogens with one attached hydrogen (secondary N) is 2. The first-order valence-electron chi connectivity index (χ1n) is 5.46. The van der Waals surface area contributed by atoms with E-state index in [1.807, 2.05) is 0 Å². The second-order valence-corrected chi connectivity index (χ2v) is 4.33. The molecule has 0 fully saturated rings. The maximum atomic E-state index is 12.1. The maximum absolute atomic E-state index is 12.1. The van der Waals surface area contributed by atoms with Gasteiger partial charge in [-0.2, -0.15) is 5.10 Å². The highest BCUT2D eigenvalue weighted by Gasteiger charge is 2.15. The summed E-state index contributed by atoms with van der Waals surface area (Å²) in [5.41, 5.74) is 3.78. The van der Waals surface area contributed by atoms with E-state index in [0.717, 1.165) is 0 Å². The van der Waals surface area contributed by atoms with E-state index in [-0.39, 0.29) is 10.7 Å². The van der Waals surface area contributed by atoms with Crippen LogP contribution in [0.4, 0.5) is 11.5 Å². The number of anilines is 2. The number of hydrazine groups is 1. The highest BCUT2D eigenvalue weighted by atomic mass is 35.5. The van der Waals surface area contributed by atoms with E-state index in [0.29, 0.717) is 17.2 Å². The van der Waals surface area contributed by atoms with Crippen LogP contribution in [0.15, 0.2) is 18.3 Å². The van der Waals surface area contributed by atoms with Gasteiger partial charge in [0.25, 0.3) is 5.91 Å². The molecule has 0 aliphatic heterocycles. The normalized spacial score (nSPS) is 10.3. The summed E-state index contributed by atoms with van der Waals surface area (Å²) in [5, 5.41) is 7.08. The Balaban J connectivity index is 2.27. The van der Waals surface area contributed by atoms with Gasteiger partial charge in [0.05, 0.1) is 16.4 Å². The minimum Gasteiger partial charge on any atom is -0.318 e. The molecule has 0 saturated heterocycles. The smallest absolute Gasteiger partial charge is 0.275 e. The summed E-state index contributed by atoms with van der Waals surface area (Å²) in [4.78, 5) is 16.1. The van der Waals surface area contributed by atoms with Crippen LogP contribution in [-0.4, -0.2) is 20.7 Å². The Morgan fingerprint density at radius 3 is 2.79 bits per heavy atom. The molecule has 2 heterocycles. The van der Waals surface area contributed by atoms with Crippen LogP contribution in [-0.2, 0) is 7.05 Å².